The second kappa shape index (κ2) is 3.84. The number of likely N-dealkylation sites (tertiary alicyclic amines) is 1. The van der Waals surface area contributed by atoms with Crippen molar-refractivity contribution in [1.82, 2.24) is 4.90 Å². The van der Waals surface area contributed by atoms with E-state index in [1.165, 1.54) is 25.9 Å². The number of carboxylic acid groups (broad SMARTS) is 1. The molecule has 17 heavy (non-hydrogen) atoms. The summed E-state index contributed by atoms with van der Waals surface area (Å²) in [6, 6.07) is 7.28. The molecule has 0 radical (unpaired) electrons. The Morgan fingerprint density at radius 1 is 1.35 bits per heavy atom. The maximum Gasteiger partial charge on any atom is 0.335 e. The van der Waals surface area contributed by atoms with Gasteiger partial charge >= 0.3 is 5.97 Å². The Hall–Kier alpha value is -1.35. The molecule has 0 bridgehead atoms. The molecule has 1 saturated heterocycles. The van der Waals surface area contributed by atoms with Crippen molar-refractivity contribution in [3.8, 4) is 0 Å². The maximum absolute atomic E-state index is 10.8. The van der Waals surface area contributed by atoms with Gasteiger partial charge in [0.1, 0.15) is 0 Å². The molecule has 3 rings (SSSR count). The predicted octanol–water partition coefficient (Wildman–Crippen LogP) is 2.02. The first-order valence-corrected chi connectivity index (χ1v) is 6.22. The Morgan fingerprint density at radius 2 is 2.12 bits per heavy atom. The highest BCUT2D eigenvalue weighted by Gasteiger charge is 2.51. The van der Waals surface area contributed by atoms with Crippen LogP contribution in [0.3, 0.4) is 0 Å². The number of hydrogen-bond donors (Lipinski definition) is 1. The van der Waals surface area contributed by atoms with E-state index in [0.29, 0.717) is 11.0 Å². The van der Waals surface area contributed by atoms with Gasteiger partial charge in [0.05, 0.1) is 5.56 Å². The average Bonchev–Trinajstić information content (AvgIpc) is 3.05. The molecule has 3 heteroatoms. The van der Waals surface area contributed by atoms with Crippen LogP contribution in [0.25, 0.3) is 0 Å². The zero-order chi connectivity index (χ0) is 11.9. The van der Waals surface area contributed by atoms with E-state index in [4.69, 9.17) is 5.11 Å². The van der Waals surface area contributed by atoms with Gasteiger partial charge in [-0.3, -0.25) is 0 Å². The van der Waals surface area contributed by atoms with Crippen LogP contribution in [0, 0.1) is 5.41 Å². The quantitative estimate of drug-likeness (QED) is 0.862. The monoisotopic (exact) mass is 231 g/mol. The van der Waals surface area contributed by atoms with Crippen LogP contribution in [-0.4, -0.2) is 35.6 Å². The van der Waals surface area contributed by atoms with Gasteiger partial charge in [0, 0.05) is 19.6 Å². The van der Waals surface area contributed by atoms with Gasteiger partial charge < -0.3 is 10.0 Å². The molecule has 1 heterocycles. The van der Waals surface area contributed by atoms with Crippen LogP contribution in [0.5, 0.6) is 0 Å². The molecule has 90 valence electrons. The fourth-order valence-electron chi connectivity index (χ4n) is 2.70. The summed E-state index contributed by atoms with van der Waals surface area (Å²) in [5.41, 5.74) is 2.23. The second-order valence-electron chi connectivity index (χ2n) is 5.47. The standard InChI is InChI=1S/C14H17NO2/c16-13(17)12-3-1-2-11(8-12)4-7-15-9-14(10-15)5-6-14/h1-3,8H,4-7,9-10H2,(H,16,17). The number of carboxylic acids is 1. The van der Waals surface area contributed by atoms with Gasteiger partial charge in [-0.2, -0.15) is 0 Å². The first kappa shape index (κ1) is 10.8. The summed E-state index contributed by atoms with van der Waals surface area (Å²) in [5.74, 6) is -0.840. The van der Waals surface area contributed by atoms with Gasteiger partial charge in [0.15, 0.2) is 0 Å². The van der Waals surface area contributed by atoms with Crippen LogP contribution in [0.2, 0.25) is 0 Å². The number of nitrogens with zero attached hydrogens (tertiary/aromatic N) is 1. The Bertz CT molecular complexity index is 443. The van der Waals surface area contributed by atoms with Crippen LogP contribution < -0.4 is 0 Å². The van der Waals surface area contributed by atoms with Crippen molar-refractivity contribution in [3.63, 3.8) is 0 Å². The lowest BCUT2D eigenvalue weighted by molar-refractivity contribution is 0.0696. The fourth-order valence-corrected chi connectivity index (χ4v) is 2.70. The summed E-state index contributed by atoms with van der Waals surface area (Å²) in [6.45, 7) is 3.57. The van der Waals surface area contributed by atoms with E-state index in [-0.39, 0.29) is 0 Å². The first-order chi connectivity index (χ1) is 8.17. The van der Waals surface area contributed by atoms with Crippen molar-refractivity contribution < 1.29 is 9.90 Å². The lowest BCUT2D eigenvalue weighted by Crippen LogP contribution is -2.48. The minimum Gasteiger partial charge on any atom is -0.478 e. The minimum atomic E-state index is -0.840. The number of rotatable bonds is 4. The Morgan fingerprint density at radius 3 is 2.76 bits per heavy atom. The highest BCUT2D eigenvalue weighted by molar-refractivity contribution is 5.87. The topological polar surface area (TPSA) is 40.5 Å². The Labute approximate surface area is 101 Å². The normalized spacial score (nSPS) is 21.2. The van der Waals surface area contributed by atoms with Crippen molar-refractivity contribution in [3.05, 3.63) is 35.4 Å². The van der Waals surface area contributed by atoms with E-state index in [1.807, 2.05) is 12.1 Å². The first-order valence-electron chi connectivity index (χ1n) is 6.22. The molecule has 2 aliphatic rings. The molecular weight excluding hydrogens is 214 g/mol. The molecule has 1 aliphatic heterocycles. The van der Waals surface area contributed by atoms with Gasteiger partial charge in [-0.05, 0) is 42.4 Å². The molecule has 1 aliphatic carbocycles. The zero-order valence-corrected chi connectivity index (χ0v) is 9.85. The number of aromatic carboxylic acids is 1. The fraction of sp³-hybridized carbons (Fsp3) is 0.500. The molecule has 1 spiro atoms. The summed E-state index contributed by atoms with van der Waals surface area (Å²) in [5, 5.41) is 8.91. The van der Waals surface area contributed by atoms with E-state index in [0.717, 1.165) is 18.5 Å². The highest BCUT2D eigenvalue weighted by atomic mass is 16.4. The molecular formula is C14H17NO2. The van der Waals surface area contributed by atoms with Crippen LogP contribution in [0.1, 0.15) is 28.8 Å². The van der Waals surface area contributed by atoms with E-state index < -0.39 is 5.97 Å². The van der Waals surface area contributed by atoms with Gasteiger partial charge in [-0.15, -0.1) is 0 Å². The molecule has 1 aromatic rings. The summed E-state index contributed by atoms with van der Waals surface area (Å²) >= 11 is 0. The number of carbonyl (C=O) groups is 1. The highest BCUT2D eigenvalue weighted by Crippen LogP contribution is 2.52. The third-order valence-electron chi connectivity index (χ3n) is 3.97. The molecule has 0 amide bonds. The summed E-state index contributed by atoms with van der Waals surface area (Å²) in [6.07, 6.45) is 3.78. The van der Waals surface area contributed by atoms with Crippen LogP contribution in [0.4, 0.5) is 0 Å². The number of hydrogen-bond acceptors (Lipinski definition) is 2. The van der Waals surface area contributed by atoms with Crippen LogP contribution in [0.15, 0.2) is 24.3 Å². The van der Waals surface area contributed by atoms with Gasteiger partial charge in [-0.1, -0.05) is 12.1 Å². The minimum absolute atomic E-state index is 0.393. The van der Waals surface area contributed by atoms with E-state index in [1.54, 1.807) is 12.1 Å². The molecule has 0 atom stereocenters. The van der Waals surface area contributed by atoms with Gasteiger partial charge in [-0.25, -0.2) is 4.79 Å². The van der Waals surface area contributed by atoms with Crippen molar-refractivity contribution in [2.75, 3.05) is 19.6 Å². The smallest absolute Gasteiger partial charge is 0.335 e. The number of benzene rings is 1. The predicted molar refractivity (Wildman–Crippen MR) is 65.2 cm³/mol. The van der Waals surface area contributed by atoms with Crippen molar-refractivity contribution in [1.29, 1.82) is 0 Å². The zero-order valence-electron chi connectivity index (χ0n) is 9.85. The second-order valence-corrected chi connectivity index (χ2v) is 5.47. The third kappa shape index (κ3) is 2.20. The maximum atomic E-state index is 10.8. The Balaban J connectivity index is 1.54. The molecule has 1 N–H and O–H groups in total. The summed E-state index contributed by atoms with van der Waals surface area (Å²) < 4.78 is 0. The van der Waals surface area contributed by atoms with E-state index in [2.05, 4.69) is 4.90 Å². The van der Waals surface area contributed by atoms with Crippen LogP contribution >= 0.6 is 0 Å². The molecule has 3 nitrogen and oxygen atoms in total. The van der Waals surface area contributed by atoms with Crippen molar-refractivity contribution in [2.24, 2.45) is 5.41 Å². The summed E-state index contributed by atoms with van der Waals surface area (Å²) in [7, 11) is 0. The summed E-state index contributed by atoms with van der Waals surface area (Å²) in [4.78, 5) is 13.3. The van der Waals surface area contributed by atoms with Crippen LogP contribution in [-0.2, 0) is 6.42 Å². The van der Waals surface area contributed by atoms with Gasteiger partial charge in [0.2, 0.25) is 0 Å². The van der Waals surface area contributed by atoms with Crippen molar-refractivity contribution >= 4 is 5.97 Å². The van der Waals surface area contributed by atoms with E-state index in [9.17, 15) is 4.79 Å². The molecule has 0 aromatic heterocycles. The Kier molecular flexibility index (Phi) is 2.44. The lowest BCUT2D eigenvalue weighted by atomic mass is 9.96. The average molecular weight is 231 g/mol. The van der Waals surface area contributed by atoms with Gasteiger partial charge in [0.25, 0.3) is 0 Å². The van der Waals surface area contributed by atoms with E-state index >= 15 is 0 Å². The SMILES string of the molecule is O=C(O)c1cccc(CCN2CC3(CC3)C2)c1. The lowest BCUT2D eigenvalue weighted by Gasteiger charge is -2.40. The molecule has 0 unspecified atom stereocenters. The molecule has 1 aromatic carbocycles. The molecule has 1 saturated carbocycles. The van der Waals surface area contributed by atoms with Crippen molar-refractivity contribution in [2.45, 2.75) is 19.3 Å². The third-order valence-corrected chi connectivity index (χ3v) is 3.97. The largest absolute Gasteiger partial charge is 0.478 e. The molecule has 2 fully saturated rings.